The van der Waals surface area contributed by atoms with E-state index in [0.29, 0.717) is 56.0 Å². The third-order valence-electron chi connectivity index (χ3n) is 4.86. The van der Waals surface area contributed by atoms with Crippen LogP contribution in [0.3, 0.4) is 0 Å². The van der Waals surface area contributed by atoms with Gasteiger partial charge in [0.2, 0.25) is 0 Å². The average Bonchev–Trinajstić information content (AvgIpc) is 3.32. The number of piperidine rings is 1. The molecule has 2 aliphatic rings. The minimum absolute atomic E-state index is 0.000895. The van der Waals surface area contributed by atoms with Crippen molar-refractivity contribution in [3.05, 3.63) is 46.1 Å². The molecule has 9 nitrogen and oxygen atoms in total. The lowest BCUT2D eigenvalue weighted by atomic mass is 10.0. The van der Waals surface area contributed by atoms with Crippen molar-refractivity contribution in [2.24, 2.45) is 0 Å². The summed E-state index contributed by atoms with van der Waals surface area (Å²) in [4.78, 5) is 25.0. The lowest BCUT2D eigenvalue weighted by molar-refractivity contribution is -0.384. The summed E-state index contributed by atoms with van der Waals surface area (Å²) in [6.07, 6.45) is 2.78. The Morgan fingerprint density at radius 2 is 1.85 bits per heavy atom. The molecule has 1 aromatic heterocycles. The number of ether oxygens (including phenoxy) is 2. The molecule has 9 heteroatoms. The molecule has 0 saturated carbocycles. The number of nitro groups is 1. The van der Waals surface area contributed by atoms with Gasteiger partial charge in [-0.15, -0.1) is 0 Å². The maximum Gasteiger partial charge on any atom is 0.269 e. The van der Waals surface area contributed by atoms with Gasteiger partial charge in [-0.2, -0.15) is 5.10 Å². The minimum Gasteiger partial charge on any atom is -0.347 e. The van der Waals surface area contributed by atoms with Crippen LogP contribution in [-0.4, -0.2) is 58.0 Å². The molecule has 3 heterocycles. The highest BCUT2D eigenvalue weighted by molar-refractivity contribution is 5.99. The van der Waals surface area contributed by atoms with E-state index in [1.54, 1.807) is 17.0 Å². The Morgan fingerprint density at radius 1 is 1.19 bits per heavy atom. The number of nitro benzene ring substituents is 1. The van der Waals surface area contributed by atoms with Crippen molar-refractivity contribution in [1.82, 2.24) is 15.1 Å². The van der Waals surface area contributed by atoms with Crippen LogP contribution < -0.4 is 0 Å². The Labute approximate surface area is 149 Å². The number of rotatable bonds is 3. The largest absolute Gasteiger partial charge is 0.347 e. The van der Waals surface area contributed by atoms with Gasteiger partial charge in [0.25, 0.3) is 11.6 Å². The monoisotopic (exact) mass is 358 g/mol. The molecular formula is C17H18N4O5. The van der Waals surface area contributed by atoms with Crippen LogP contribution in [0.25, 0.3) is 11.3 Å². The molecule has 2 aliphatic heterocycles. The predicted molar refractivity (Wildman–Crippen MR) is 90.5 cm³/mol. The standard InChI is InChI=1S/C17H18N4O5/c22-16(20-7-5-17(6-8-20)25-9-10-26-17)14-11-18-19-15(14)12-1-3-13(4-2-12)21(23)24/h1-4,11H,5-10H2,(H,18,19). The Kier molecular flexibility index (Phi) is 4.17. The van der Waals surface area contributed by atoms with Crippen molar-refractivity contribution in [3.63, 3.8) is 0 Å². The summed E-state index contributed by atoms with van der Waals surface area (Å²) in [5.41, 5.74) is 1.67. The molecule has 1 aromatic carbocycles. The predicted octanol–water partition coefficient (Wildman–Crippen LogP) is 1.96. The maximum absolute atomic E-state index is 12.9. The molecule has 4 rings (SSSR count). The summed E-state index contributed by atoms with van der Waals surface area (Å²) < 4.78 is 11.4. The van der Waals surface area contributed by atoms with Crippen LogP contribution in [0.4, 0.5) is 5.69 Å². The minimum atomic E-state index is -0.533. The van der Waals surface area contributed by atoms with Crippen LogP contribution in [0.15, 0.2) is 30.5 Å². The lowest BCUT2D eigenvalue weighted by Crippen LogP contribution is -2.47. The van der Waals surface area contributed by atoms with Crippen molar-refractivity contribution in [3.8, 4) is 11.3 Å². The van der Waals surface area contributed by atoms with Gasteiger partial charge in [0.15, 0.2) is 5.79 Å². The van der Waals surface area contributed by atoms with E-state index in [9.17, 15) is 14.9 Å². The van der Waals surface area contributed by atoms with E-state index in [0.717, 1.165) is 0 Å². The summed E-state index contributed by atoms with van der Waals surface area (Å²) in [5.74, 6) is -0.658. The molecule has 0 atom stereocenters. The fraction of sp³-hybridized carbons (Fsp3) is 0.412. The zero-order valence-corrected chi connectivity index (χ0v) is 14.0. The number of hydrogen-bond acceptors (Lipinski definition) is 6. The second-order valence-corrected chi connectivity index (χ2v) is 6.36. The number of carbonyl (C=O) groups is 1. The van der Waals surface area contributed by atoms with E-state index in [4.69, 9.17) is 9.47 Å². The van der Waals surface area contributed by atoms with E-state index in [-0.39, 0.29) is 11.6 Å². The van der Waals surface area contributed by atoms with Crippen molar-refractivity contribution >= 4 is 11.6 Å². The summed E-state index contributed by atoms with van der Waals surface area (Å²) in [5, 5.41) is 17.6. The number of amides is 1. The highest BCUT2D eigenvalue weighted by Crippen LogP contribution is 2.32. The first-order valence-electron chi connectivity index (χ1n) is 8.43. The van der Waals surface area contributed by atoms with E-state index in [1.807, 2.05) is 0 Å². The van der Waals surface area contributed by atoms with Crippen molar-refractivity contribution in [1.29, 1.82) is 0 Å². The Bertz CT molecular complexity index is 816. The van der Waals surface area contributed by atoms with Crippen molar-refractivity contribution in [2.75, 3.05) is 26.3 Å². The molecule has 0 radical (unpaired) electrons. The first kappa shape index (κ1) is 16.7. The van der Waals surface area contributed by atoms with Crippen LogP contribution in [0.5, 0.6) is 0 Å². The number of non-ortho nitro benzene ring substituents is 1. The molecule has 0 aliphatic carbocycles. The first-order valence-corrected chi connectivity index (χ1v) is 8.43. The molecule has 136 valence electrons. The van der Waals surface area contributed by atoms with Gasteiger partial charge in [-0.25, -0.2) is 0 Å². The molecule has 2 aromatic rings. The van der Waals surface area contributed by atoms with Crippen molar-refractivity contribution in [2.45, 2.75) is 18.6 Å². The molecule has 2 fully saturated rings. The topological polar surface area (TPSA) is 111 Å². The number of nitrogens with one attached hydrogen (secondary N) is 1. The van der Waals surface area contributed by atoms with Crippen molar-refractivity contribution < 1.29 is 19.2 Å². The number of aromatic amines is 1. The normalized spacial score (nSPS) is 19.0. The summed E-state index contributed by atoms with van der Waals surface area (Å²) in [6.45, 7) is 2.29. The highest BCUT2D eigenvalue weighted by Gasteiger charge is 2.41. The van der Waals surface area contributed by atoms with Crippen LogP contribution in [-0.2, 0) is 9.47 Å². The molecular weight excluding hydrogens is 340 g/mol. The number of hydrogen-bond donors (Lipinski definition) is 1. The lowest BCUT2D eigenvalue weighted by Gasteiger charge is -2.37. The molecule has 0 bridgehead atoms. The molecule has 1 N–H and O–H groups in total. The summed E-state index contributed by atoms with van der Waals surface area (Å²) in [6, 6.07) is 6.02. The average molecular weight is 358 g/mol. The Balaban J connectivity index is 1.51. The molecule has 2 saturated heterocycles. The zero-order chi connectivity index (χ0) is 18.1. The van der Waals surface area contributed by atoms with E-state index >= 15 is 0 Å². The number of H-pyrrole nitrogens is 1. The first-order chi connectivity index (χ1) is 12.6. The van der Waals surface area contributed by atoms with Crippen LogP contribution in [0.1, 0.15) is 23.2 Å². The van der Waals surface area contributed by atoms with Crippen LogP contribution >= 0.6 is 0 Å². The number of benzene rings is 1. The summed E-state index contributed by atoms with van der Waals surface area (Å²) in [7, 11) is 0. The fourth-order valence-electron chi connectivity index (χ4n) is 3.42. The quantitative estimate of drug-likeness (QED) is 0.663. The SMILES string of the molecule is O=C(c1cn[nH]c1-c1ccc([N+](=O)[O-])cc1)N1CCC2(CC1)OCCO2. The smallest absolute Gasteiger partial charge is 0.269 e. The van der Waals surface area contributed by atoms with Gasteiger partial charge in [-0.1, -0.05) is 0 Å². The van der Waals surface area contributed by atoms with Gasteiger partial charge < -0.3 is 14.4 Å². The Morgan fingerprint density at radius 3 is 2.46 bits per heavy atom. The fourth-order valence-corrected chi connectivity index (χ4v) is 3.42. The van der Waals surface area contributed by atoms with Gasteiger partial charge >= 0.3 is 0 Å². The second-order valence-electron chi connectivity index (χ2n) is 6.36. The van der Waals surface area contributed by atoms with E-state index in [1.165, 1.54) is 18.3 Å². The Hall–Kier alpha value is -2.78. The van der Waals surface area contributed by atoms with Crippen LogP contribution in [0, 0.1) is 10.1 Å². The van der Waals surface area contributed by atoms with E-state index in [2.05, 4.69) is 10.2 Å². The summed E-state index contributed by atoms with van der Waals surface area (Å²) >= 11 is 0. The maximum atomic E-state index is 12.9. The van der Waals surface area contributed by atoms with Gasteiger partial charge in [-0.05, 0) is 12.1 Å². The van der Waals surface area contributed by atoms with E-state index < -0.39 is 10.7 Å². The number of likely N-dealkylation sites (tertiary alicyclic amines) is 1. The number of carbonyl (C=O) groups excluding carboxylic acids is 1. The molecule has 26 heavy (non-hydrogen) atoms. The molecule has 0 unspecified atom stereocenters. The number of aromatic nitrogens is 2. The second kappa shape index (κ2) is 6.50. The van der Waals surface area contributed by atoms with Crippen LogP contribution in [0.2, 0.25) is 0 Å². The highest BCUT2D eigenvalue weighted by atomic mass is 16.7. The van der Waals surface area contributed by atoms with Gasteiger partial charge in [0.1, 0.15) is 0 Å². The third kappa shape index (κ3) is 2.95. The van der Waals surface area contributed by atoms with Gasteiger partial charge in [0, 0.05) is 43.6 Å². The molecule has 1 amide bonds. The zero-order valence-electron chi connectivity index (χ0n) is 14.0. The third-order valence-corrected chi connectivity index (χ3v) is 4.86. The van der Waals surface area contributed by atoms with Gasteiger partial charge in [-0.3, -0.25) is 20.0 Å². The van der Waals surface area contributed by atoms with Gasteiger partial charge in [0.05, 0.1) is 35.6 Å². The number of nitrogens with zero attached hydrogens (tertiary/aromatic N) is 3. The molecule has 1 spiro atoms.